The molecule has 1 N–H and O–H groups in total. The molecule has 1 atom stereocenters. The lowest BCUT2D eigenvalue weighted by Gasteiger charge is -2.27. The highest BCUT2D eigenvalue weighted by Crippen LogP contribution is 2.28. The molecule has 4 heteroatoms. The first-order chi connectivity index (χ1) is 9.84. The normalized spacial score (nSPS) is 13.9. The summed E-state index contributed by atoms with van der Waals surface area (Å²) in [4.78, 5) is 12.0. The fourth-order valence-electron chi connectivity index (χ4n) is 1.99. The van der Waals surface area contributed by atoms with Crippen LogP contribution >= 0.6 is 0 Å². The highest BCUT2D eigenvalue weighted by Gasteiger charge is 2.34. The topological polar surface area (TPSA) is 47.6 Å². The summed E-state index contributed by atoms with van der Waals surface area (Å²) in [5.41, 5.74) is 1.42. The molecule has 0 bridgehead atoms. The Morgan fingerprint density at radius 1 is 1.38 bits per heavy atom. The Bertz CT molecular complexity index is 485. The molecule has 1 unspecified atom stereocenters. The Balaban J connectivity index is 2.91. The second-order valence-electron chi connectivity index (χ2n) is 5.79. The van der Waals surface area contributed by atoms with Gasteiger partial charge in [-0.05, 0) is 50.9 Å². The van der Waals surface area contributed by atoms with Gasteiger partial charge >= 0.3 is 5.97 Å². The third-order valence-electron chi connectivity index (χ3n) is 3.59. The molecule has 21 heavy (non-hydrogen) atoms. The highest BCUT2D eigenvalue weighted by atomic mass is 16.5. The van der Waals surface area contributed by atoms with E-state index in [4.69, 9.17) is 9.47 Å². The van der Waals surface area contributed by atoms with Gasteiger partial charge in [0.2, 0.25) is 0 Å². The van der Waals surface area contributed by atoms with Crippen molar-refractivity contribution >= 4 is 5.97 Å². The van der Waals surface area contributed by atoms with Crippen LogP contribution in [0.15, 0.2) is 18.2 Å². The van der Waals surface area contributed by atoms with E-state index < -0.39 is 5.54 Å². The van der Waals surface area contributed by atoms with Crippen molar-refractivity contribution in [3.8, 4) is 5.75 Å². The van der Waals surface area contributed by atoms with Crippen LogP contribution in [0.4, 0.5) is 0 Å². The molecule has 0 fully saturated rings. The zero-order chi connectivity index (χ0) is 16.0. The molecule has 0 saturated heterocycles. The summed E-state index contributed by atoms with van der Waals surface area (Å²) in [6.45, 7) is 10.4. The number of carbonyl (C=O) groups is 1. The average Bonchev–Trinajstić information content (AvgIpc) is 2.44. The maximum absolute atomic E-state index is 12.0. The van der Waals surface area contributed by atoms with E-state index in [9.17, 15) is 4.79 Å². The number of esters is 1. The summed E-state index contributed by atoms with van der Waals surface area (Å²) in [5, 5.41) is 3.00. The number of rotatable bonds is 7. The molecule has 0 aliphatic heterocycles. The third kappa shape index (κ3) is 4.46. The van der Waals surface area contributed by atoms with Crippen molar-refractivity contribution in [1.82, 2.24) is 5.32 Å². The number of ether oxygens (including phenoxy) is 2. The van der Waals surface area contributed by atoms with Crippen LogP contribution in [-0.4, -0.2) is 31.8 Å². The summed E-state index contributed by atoms with van der Waals surface area (Å²) in [6, 6.07) is 6.16. The van der Waals surface area contributed by atoms with Gasteiger partial charge < -0.3 is 14.8 Å². The second kappa shape index (κ2) is 7.46. The van der Waals surface area contributed by atoms with Gasteiger partial charge in [0, 0.05) is 0 Å². The van der Waals surface area contributed by atoms with Crippen LogP contribution in [0.2, 0.25) is 0 Å². The van der Waals surface area contributed by atoms with Crippen molar-refractivity contribution in [2.75, 3.05) is 20.3 Å². The lowest BCUT2D eigenvalue weighted by molar-refractivity contribution is -0.151. The molecule has 1 aromatic rings. The maximum Gasteiger partial charge on any atom is 0.329 e. The van der Waals surface area contributed by atoms with Crippen LogP contribution in [0.25, 0.3) is 0 Å². The Labute approximate surface area is 127 Å². The quantitative estimate of drug-likeness (QED) is 0.785. The summed E-state index contributed by atoms with van der Waals surface area (Å²) in [6.07, 6.45) is 0. The van der Waals surface area contributed by atoms with Gasteiger partial charge in [0.15, 0.2) is 0 Å². The SMILES string of the molecule is CCOC(=O)C(C)(COc1cc(C)ccc1C(C)C)NC. The molecule has 0 aliphatic carbocycles. The Hall–Kier alpha value is -1.55. The van der Waals surface area contributed by atoms with Crippen molar-refractivity contribution in [3.05, 3.63) is 29.3 Å². The van der Waals surface area contributed by atoms with Crippen molar-refractivity contribution in [3.63, 3.8) is 0 Å². The highest BCUT2D eigenvalue weighted by molar-refractivity contribution is 5.80. The van der Waals surface area contributed by atoms with E-state index in [-0.39, 0.29) is 12.6 Å². The fourth-order valence-corrected chi connectivity index (χ4v) is 1.99. The lowest BCUT2D eigenvalue weighted by atomic mass is 10.00. The van der Waals surface area contributed by atoms with Crippen LogP contribution in [0.5, 0.6) is 5.75 Å². The van der Waals surface area contributed by atoms with Crippen LogP contribution < -0.4 is 10.1 Å². The molecule has 4 nitrogen and oxygen atoms in total. The molecule has 0 aliphatic rings. The van der Waals surface area contributed by atoms with Gasteiger partial charge in [-0.1, -0.05) is 26.0 Å². The molecular weight excluding hydrogens is 266 g/mol. The van der Waals surface area contributed by atoms with Crippen molar-refractivity contribution in [1.29, 1.82) is 0 Å². The Kier molecular flexibility index (Phi) is 6.21. The van der Waals surface area contributed by atoms with E-state index >= 15 is 0 Å². The van der Waals surface area contributed by atoms with Gasteiger partial charge in [-0.2, -0.15) is 0 Å². The Morgan fingerprint density at radius 3 is 2.57 bits per heavy atom. The number of carbonyl (C=O) groups excluding carboxylic acids is 1. The molecule has 1 rings (SSSR count). The van der Waals surface area contributed by atoms with Gasteiger partial charge in [-0.3, -0.25) is 0 Å². The van der Waals surface area contributed by atoms with Crippen molar-refractivity contribution in [2.45, 2.75) is 46.1 Å². The summed E-state index contributed by atoms with van der Waals surface area (Å²) in [5.74, 6) is 0.894. The number of nitrogens with one attached hydrogen (secondary N) is 1. The molecule has 118 valence electrons. The van der Waals surface area contributed by atoms with E-state index in [1.165, 1.54) is 0 Å². The first-order valence-corrected chi connectivity index (χ1v) is 7.43. The average molecular weight is 293 g/mol. The van der Waals surface area contributed by atoms with E-state index in [1.807, 2.05) is 13.0 Å². The number of benzene rings is 1. The zero-order valence-electron chi connectivity index (χ0n) is 13.9. The maximum atomic E-state index is 12.0. The molecule has 0 saturated carbocycles. The third-order valence-corrected chi connectivity index (χ3v) is 3.59. The van der Waals surface area contributed by atoms with Gasteiger partial charge in [0.25, 0.3) is 0 Å². The predicted molar refractivity (Wildman–Crippen MR) is 84.9 cm³/mol. The van der Waals surface area contributed by atoms with E-state index in [1.54, 1.807) is 20.9 Å². The molecule has 0 heterocycles. The molecule has 0 aromatic heterocycles. The van der Waals surface area contributed by atoms with Crippen LogP contribution in [0.1, 0.15) is 44.7 Å². The first-order valence-electron chi connectivity index (χ1n) is 7.43. The van der Waals surface area contributed by atoms with E-state index in [2.05, 4.69) is 31.3 Å². The largest absolute Gasteiger partial charge is 0.491 e. The second-order valence-corrected chi connectivity index (χ2v) is 5.79. The van der Waals surface area contributed by atoms with Crippen LogP contribution in [-0.2, 0) is 9.53 Å². The van der Waals surface area contributed by atoms with Gasteiger partial charge in [-0.25, -0.2) is 4.79 Å². The minimum Gasteiger partial charge on any atom is -0.491 e. The summed E-state index contributed by atoms with van der Waals surface area (Å²) < 4.78 is 11.0. The predicted octanol–water partition coefficient (Wildman–Crippen LogP) is 3.04. The molecule has 1 aromatic carbocycles. The number of hydrogen-bond acceptors (Lipinski definition) is 4. The van der Waals surface area contributed by atoms with E-state index in [0.717, 1.165) is 16.9 Å². The number of aryl methyl sites for hydroxylation is 1. The molecule has 0 amide bonds. The minimum absolute atomic E-state index is 0.228. The lowest BCUT2D eigenvalue weighted by Crippen LogP contribution is -2.53. The Morgan fingerprint density at radius 2 is 2.05 bits per heavy atom. The van der Waals surface area contributed by atoms with Crippen molar-refractivity contribution in [2.24, 2.45) is 0 Å². The fraction of sp³-hybridized carbons (Fsp3) is 0.588. The smallest absolute Gasteiger partial charge is 0.329 e. The van der Waals surface area contributed by atoms with Gasteiger partial charge in [0.1, 0.15) is 17.9 Å². The molecule has 0 radical (unpaired) electrons. The first kappa shape index (κ1) is 17.5. The van der Waals surface area contributed by atoms with Gasteiger partial charge in [0.05, 0.1) is 6.61 Å². The summed E-state index contributed by atoms with van der Waals surface area (Å²) in [7, 11) is 1.74. The molecule has 0 spiro atoms. The molecular formula is C17H27NO3. The number of likely N-dealkylation sites (N-methyl/N-ethyl adjacent to an activating group) is 1. The van der Waals surface area contributed by atoms with Gasteiger partial charge in [-0.15, -0.1) is 0 Å². The van der Waals surface area contributed by atoms with E-state index in [0.29, 0.717) is 12.5 Å². The zero-order valence-corrected chi connectivity index (χ0v) is 13.9. The number of hydrogen-bond donors (Lipinski definition) is 1. The van der Waals surface area contributed by atoms with Crippen LogP contribution in [0.3, 0.4) is 0 Å². The monoisotopic (exact) mass is 293 g/mol. The van der Waals surface area contributed by atoms with Crippen LogP contribution in [0, 0.1) is 6.92 Å². The standard InChI is InChI=1S/C17H27NO3/c1-7-20-16(19)17(5,18-6)11-21-15-10-13(4)8-9-14(15)12(2)3/h8-10,12,18H,7,11H2,1-6H3. The minimum atomic E-state index is -0.853. The van der Waals surface area contributed by atoms with Crippen molar-refractivity contribution < 1.29 is 14.3 Å². The summed E-state index contributed by atoms with van der Waals surface area (Å²) >= 11 is 0.